The maximum atomic E-state index is 13.1. The fourth-order valence-electron chi connectivity index (χ4n) is 3.06. The first-order valence-electron chi connectivity index (χ1n) is 8.42. The lowest BCUT2D eigenvalue weighted by molar-refractivity contribution is 0.0654. The average molecular weight is 381 g/mol. The van der Waals surface area contributed by atoms with E-state index in [-0.39, 0.29) is 11.9 Å². The van der Waals surface area contributed by atoms with Crippen LogP contribution < -0.4 is 10.2 Å². The molecule has 0 unspecified atom stereocenters. The van der Waals surface area contributed by atoms with E-state index < -0.39 is 0 Å². The zero-order chi connectivity index (χ0) is 18.8. The maximum Gasteiger partial charge on any atom is 0.273 e. The molecule has 1 atom stereocenters. The fraction of sp³-hybridized carbons (Fsp3) is 0.0952. The molecule has 2 aromatic carbocycles. The van der Waals surface area contributed by atoms with Gasteiger partial charge in [0.1, 0.15) is 17.6 Å². The molecule has 6 heteroatoms. The molecule has 136 valence electrons. The van der Waals surface area contributed by atoms with Gasteiger partial charge in [0.15, 0.2) is 0 Å². The zero-order valence-electron chi connectivity index (χ0n) is 14.6. The standard InChI is InChI=1S/C21H17ClN2O3/c1-26-19-6-3-2-5-16(19)17-13-18(20-7-4-12-27-20)24(23-17)21(25)14-8-10-15(22)11-9-14/h2-13,18,23H,1H3/t18-/m1/s1. The van der Waals surface area contributed by atoms with Crippen molar-refractivity contribution in [2.24, 2.45) is 0 Å². The Hall–Kier alpha value is -3.18. The van der Waals surface area contributed by atoms with Gasteiger partial charge in [-0.25, -0.2) is 5.01 Å². The average Bonchev–Trinajstić information content (AvgIpc) is 3.37. The first-order valence-corrected chi connectivity index (χ1v) is 8.79. The summed E-state index contributed by atoms with van der Waals surface area (Å²) in [5.41, 5.74) is 5.37. The van der Waals surface area contributed by atoms with Crippen LogP contribution >= 0.6 is 11.6 Å². The Bertz CT molecular complexity index is 981. The third kappa shape index (κ3) is 3.29. The summed E-state index contributed by atoms with van der Waals surface area (Å²) in [5.74, 6) is 1.19. The number of nitrogens with zero attached hydrogens (tertiary/aromatic N) is 1. The smallest absolute Gasteiger partial charge is 0.273 e. The van der Waals surface area contributed by atoms with Crippen LogP contribution in [0.3, 0.4) is 0 Å². The number of ether oxygens (including phenoxy) is 1. The van der Waals surface area contributed by atoms with Crippen LogP contribution in [0.15, 0.2) is 77.4 Å². The number of benzene rings is 2. The summed E-state index contributed by atoms with van der Waals surface area (Å²) >= 11 is 5.94. The van der Waals surface area contributed by atoms with Crippen molar-refractivity contribution >= 4 is 23.2 Å². The molecule has 27 heavy (non-hydrogen) atoms. The lowest BCUT2D eigenvalue weighted by Gasteiger charge is -2.24. The van der Waals surface area contributed by atoms with Gasteiger partial charge >= 0.3 is 0 Å². The van der Waals surface area contributed by atoms with E-state index in [0.29, 0.717) is 16.3 Å². The monoisotopic (exact) mass is 380 g/mol. The zero-order valence-corrected chi connectivity index (χ0v) is 15.3. The van der Waals surface area contributed by atoms with Crippen LogP contribution in [-0.2, 0) is 0 Å². The Morgan fingerprint density at radius 3 is 2.59 bits per heavy atom. The van der Waals surface area contributed by atoms with Crippen LogP contribution in [0.5, 0.6) is 5.75 Å². The lowest BCUT2D eigenvalue weighted by Crippen LogP contribution is -2.39. The summed E-state index contributed by atoms with van der Waals surface area (Å²) in [5, 5.41) is 2.13. The second-order valence-corrected chi connectivity index (χ2v) is 6.47. The highest BCUT2D eigenvalue weighted by Crippen LogP contribution is 2.35. The number of hydrogen-bond donors (Lipinski definition) is 1. The minimum Gasteiger partial charge on any atom is -0.496 e. The molecule has 0 saturated carbocycles. The molecule has 0 bridgehead atoms. The second kappa shape index (κ2) is 7.21. The van der Waals surface area contributed by atoms with Crippen LogP contribution in [0, 0.1) is 0 Å². The molecule has 0 spiro atoms. The Morgan fingerprint density at radius 2 is 1.89 bits per heavy atom. The van der Waals surface area contributed by atoms with E-state index in [9.17, 15) is 4.79 Å². The highest BCUT2D eigenvalue weighted by atomic mass is 35.5. The quantitative estimate of drug-likeness (QED) is 0.713. The SMILES string of the molecule is COc1ccccc1C1=C[C@H](c2ccco2)N(C(=O)c2ccc(Cl)cc2)N1. The van der Waals surface area contributed by atoms with Gasteiger partial charge in [-0.15, -0.1) is 0 Å². The van der Waals surface area contributed by atoms with Gasteiger partial charge in [-0.1, -0.05) is 23.7 Å². The third-order valence-electron chi connectivity index (χ3n) is 4.39. The van der Waals surface area contributed by atoms with Crippen molar-refractivity contribution in [3.05, 3.63) is 94.9 Å². The van der Waals surface area contributed by atoms with Crippen LogP contribution in [0.1, 0.15) is 27.7 Å². The molecule has 1 aliphatic heterocycles. The molecular formula is C21H17ClN2O3. The molecule has 0 fully saturated rings. The number of furan rings is 1. The van der Waals surface area contributed by atoms with Crippen molar-refractivity contribution < 1.29 is 13.9 Å². The normalized spacial score (nSPS) is 16.0. The largest absolute Gasteiger partial charge is 0.496 e. The molecule has 0 saturated heterocycles. The Labute approximate surface area is 161 Å². The van der Waals surface area contributed by atoms with Gasteiger partial charge in [0.25, 0.3) is 5.91 Å². The van der Waals surface area contributed by atoms with E-state index in [1.54, 1.807) is 48.7 Å². The Morgan fingerprint density at radius 1 is 1.11 bits per heavy atom. The molecule has 5 nitrogen and oxygen atoms in total. The number of para-hydroxylation sites is 1. The summed E-state index contributed by atoms with van der Waals surface area (Å²) in [6.45, 7) is 0. The van der Waals surface area contributed by atoms with Gasteiger partial charge in [-0.2, -0.15) is 0 Å². The summed E-state index contributed by atoms with van der Waals surface area (Å²) in [6, 6.07) is 17.7. The van der Waals surface area contributed by atoms with Crippen LogP contribution in [0.4, 0.5) is 0 Å². The van der Waals surface area contributed by atoms with E-state index in [1.165, 1.54) is 0 Å². The minimum absolute atomic E-state index is 0.186. The Balaban J connectivity index is 1.72. The number of rotatable bonds is 4. The van der Waals surface area contributed by atoms with Crippen molar-refractivity contribution in [3.8, 4) is 5.75 Å². The number of carbonyl (C=O) groups is 1. The van der Waals surface area contributed by atoms with Crippen molar-refractivity contribution in [2.45, 2.75) is 6.04 Å². The fourth-order valence-corrected chi connectivity index (χ4v) is 3.19. The summed E-state index contributed by atoms with van der Waals surface area (Å²) in [4.78, 5) is 13.1. The highest BCUT2D eigenvalue weighted by molar-refractivity contribution is 6.30. The number of hydrazine groups is 1. The first-order chi connectivity index (χ1) is 13.2. The lowest BCUT2D eigenvalue weighted by atomic mass is 10.1. The van der Waals surface area contributed by atoms with E-state index >= 15 is 0 Å². The first kappa shape index (κ1) is 17.2. The molecular weight excluding hydrogens is 364 g/mol. The van der Waals surface area contributed by atoms with Gasteiger partial charge in [0.05, 0.1) is 19.1 Å². The predicted molar refractivity (Wildman–Crippen MR) is 103 cm³/mol. The summed E-state index contributed by atoms with van der Waals surface area (Å²) in [6.07, 6.45) is 3.54. The Kier molecular flexibility index (Phi) is 4.60. The molecule has 1 amide bonds. The van der Waals surface area contributed by atoms with E-state index in [2.05, 4.69) is 5.43 Å². The number of carbonyl (C=O) groups excluding carboxylic acids is 1. The van der Waals surface area contributed by atoms with Crippen molar-refractivity contribution in [1.29, 1.82) is 0 Å². The molecule has 0 radical (unpaired) electrons. The van der Waals surface area contributed by atoms with Crippen LogP contribution in [0.25, 0.3) is 5.70 Å². The van der Waals surface area contributed by atoms with Gasteiger partial charge in [0, 0.05) is 16.1 Å². The molecule has 2 heterocycles. The number of methoxy groups -OCH3 is 1. The molecule has 1 aromatic heterocycles. The van der Waals surface area contributed by atoms with Gasteiger partial charge in [0.2, 0.25) is 0 Å². The van der Waals surface area contributed by atoms with Crippen LogP contribution in [-0.4, -0.2) is 18.0 Å². The van der Waals surface area contributed by atoms with Gasteiger partial charge in [-0.3, -0.25) is 10.2 Å². The van der Waals surface area contributed by atoms with Crippen LogP contribution in [0.2, 0.25) is 5.02 Å². The number of nitrogens with one attached hydrogen (secondary N) is 1. The maximum absolute atomic E-state index is 13.1. The summed E-state index contributed by atoms with van der Waals surface area (Å²) < 4.78 is 11.0. The van der Waals surface area contributed by atoms with Gasteiger partial charge in [-0.05, 0) is 54.6 Å². The third-order valence-corrected chi connectivity index (χ3v) is 4.64. The molecule has 0 aliphatic carbocycles. The van der Waals surface area contributed by atoms with E-state index in [1.807, 2.05) is 36.4 Å². The molecule has 3 aromatic rings. The number of amides is 1. The number of hydrogen-bond acceptors (Lipinski definition) is 4. The second-order valence-electron chi connectivity index (χ2n) is 6.03. The molecule has 4 rings (SSSR count). The van der Waals surface area contributed by atoms with E-state index in [4.69, 9.17) is 20.8 Å². The highest BCUT2D eigenvalue weighted by Gasteiger charge is 2.33. The molecule has 1 N–H and O–H groups in total. The minimum atomic E-state index is -0.386. The van der Waals surface area contributed by atoms with Crippen molar-refractivity contribution in [2.75, 3.05) is 7.11 Å². The van der Waals surface area contributed by atoms with Crippen molar-refractivity contribution in [1.82, 2.24) is 10.4 Å². The van der Waals surface area contributed by atoms with E-state index in [0.717, 1.165) is 17.0 Å². The van der Waals surface area contributed by atoms with Gasteiger partial charge < -0.3 is 9.15 Å². The van der Waals surface area contributed by atoms with Crippen molar-refractivity contribution in [3.63, 3.8) is 0 Å². The summed E-state index contributed by atoms with van der Waals surface area (Å²) in [7, 11) is 1.62. The topological polar surface area (TPSA) is 54.7 Å². The number of halogens is 1. The predicted octanol–water partition coefficient (Wildman–Crippen LogP) is 4.68. The molecule has 1 aliphatic rings.